The third-order valence-electron chi connectivity index (χ3n) is 4.38. The zero-order chi connectivity index (χ0) is 19.1. The number of halogens is 1. The highest BCUT2D eigenvalue weighted by Crippen LogP contribution is 2.20. The molecule has 0 spiro atoms. The van der Waals surface area contributed by atoms with Gasteiger partial charge in [-0.25, -0.2) is 14.7 Å². The maximum Gasteiger partial charge on any atom is 0.191 e. The number of ether oxygens (including phenoxy) is 2. The number of guanidine groups is 1. The molecule has 2 atom stereocenters. The normalized spacial score (nSPS) is 17.1. The van der Waals surface area contributed by atoms with Gasteiger partial charge in [-0.2, -0.15) is 5.10 Å². The second-order valence-electron chi connectivity index (χ2n) is 6.57. The van der Waals surface area contributed by atoms with E-state index < -0.39 is 0 Å². The summed E-state index contributed by atoms with van der Waals surface area (Å²) < 4.78 is 13.1. The standard InChI is InChI=1S/C19H28N6O2.HI/c1-4-20-19(24-15-8-9-18-22-13-23-25(18)12-15)21-11-14(2)27-17-7-5-6-16(10-17)26-3;/h5-7,10,13-15H,4,8-9,11-12H2,1-3H3,(H2,20,21,24);1H. The number of fused-ring (bicyclic) bond motifs is 1. The van der Waals surface area contributed by atoms with Crippen LogP contribution in [-0.2, 0) is 13.0 Å². The molecule has 0 saturated carbocycles. The van der Waals surface area contributed by atoms with Crippen molar-refractivity contribution in [3.8, 4) is 11.5 Å². The number of hydrogen-bond acceptors (Lipinski definition) is 5. The van der Waals surface area contributed by atoms with Crippen molar-refractivity contribution in [1.29, 1.82) is 0 Å². The Morgan fingerprint density at radius 3 is 3.00 bits per heavy atom. The Morgan fingerprint density at radius 1 is 1.39 bits per heavy atom. The molecule has 9 heteroatoms. The van der Waals surface area contributed by atoms with E-state index in [1.807, 2.05) is 35.9 Å². The van der Waals surface area contributed by atoms with Crippen molar-refractivity contribution in [3.05, 3.63) is 36.4 Å². The largest absolute Gasteiger partial charge is 0.497 e. The molecule has 0 aliphatic carbocycles. The molecule has 2 aromatic rings. The summed E-state index contributed by atoms with van der Waals surface area (Å²) in [6.07, 6.45) is 3.50. The second-order valence-corrected chi connectivity index (χ2v) is 6.57. The smallest absolute Gasteiger partial charge is 0.191 e. The lowest BCUT2D eigenvalue weighted by molar-refractivity contribution is 0.229. The van der Waals surface area contributed by atoms with E-state index in [1.54, 1.807) is 13.4 Å². The number of aromatic nitrogens is 3. The number of rotatable bonds is 7. The van der Waals surface area contributed by atoms with E-state index in [9.17, 15) is 0 Å². The van der Waals surface area contributed by atoms with Crippen LogP contribution in [0, 0.1) is 0 Å². The monoisotopic (exact) mass is 500 g/mol. The predicted octanol–water partition coefficient (Wildman–Crippen LogP) is 2.24. The van der Waals surface area contributed by atoms with Crippen LogP contribution in [-0.4, -0.2) is 53.1 Å². The molecule has 2 N–H and O–H groups in total. The van der Waals surface area contributed by atoms with E-state index in [1.165, 1.54) is 0 Å². The molecule has 1 aromatic carbocycles. The maximum absolute atomic E-state index is 5.95. The molecule has 2 heterocycles. The molecule has 0 radical (unpaired) electrons. The van der Waals surface area contributed by atoms with Gasteiger partial charge in [0.1, 0.15) is 29.8 Å². The molecule has 0 bridgehead atoms. The van der Waals surface area contributed by atoms with Crippen LogP contribution in [0.2, 0.25) is 0 Å². The molecule has 1 aliphatic heterocycles. The minimum absolute atomic E-state index is 0. The molecular weight excluding hydrogens is 471 g/mol. The minimum atomic E-state index is -0.0548. The summed E-state index contributed by atoms with van der Waals surface area (Å²) in [5.41, 5.74) is 0. The molecule has 0 saturated heterocycles. The first-order chi connectivity index (χ1) is 13.2. The van der Waals surface area contributed by atoms with Crippen LogP contribution >= 0.6 is 24.0 Å². The summed E-state index contributed by atoms with van der Waals surface area (Å²) in [4.78, 5) is 8.95. The van der Waals surface area contributed by atoms with Gasteiger partial charge in [-0.05, 0) is 32.4 Å². The Kier molecular flexibility index (Phi) is 8.81. The molecule has 0 fully saturated rings. The van der Waals surface area contributed by atoms with E-state index in [0.29, 0.717) is 6.54 Å². The molecule has 28 heavy (non-hydrogen) atoms. The van der Waals surface area contributed by atoms with Crippen molar-refractivity contribution in [2.75, 3.05) is 20.2 Å². The second kappa shape index (κ2) is 11.1. The quantitative estimate of drug-likeness (QED) is 0.345. The summed E-state index contributed by atoms with van der Waals surface area (Å²) in [7, 11) is 1.65. The molecular formula is C19H29IN6O2. The van der Waals surface area contributed by atoms with E-state index in [0.717, 1.165) is 49.2 Å². The molecule has 1 aliphatic rings. The summed E-state index contributed by atoms with van der Waals surface area (Å²) in [5, 5.41) is 11.1. The lowest BCUT2D eigenvalue weighted by Crippen LogP contribution is -2.47. The third-order valence-corrected chi connectivity index (χ3v) is 4.38. The highest BCUT2D eigenvalue weighted by Gasteiger charge is 2.20. The molecule has 1 aromatic heterocycles. The first kappa shape index (κ1) is 22.3. The maximum atomic E-state index is 5.95. The first-order valence-corrected chi connectivity index (χ1v) is 9.40. The number of aryl methyl sites for hydroxylation is 1. The highest BCUT2D eigenvalue weighted by molar-refractivity contribution is 14.0. The Morgan fingerprint density at radius 2 is 2.21 bits per heavy atom. The van der Waals surface area contributed by atoms with Crippen molar-refractivity contribution in [2.45, 2.75) is 45.4 Å². The number of aliphatic imine (C=N–C) groups is 1. The van der Waals surface area contributed by atoms with Crippen molar-refractivity contribution in [2.24, 2.45) is 4.99 Å². The Balaban J connectivity index is 0.00000280. The zero-order valence-corrected chi connectivity index (χ0v) is 18.9. The van der Waals surface area contributed by atoms with Crippen molar-refractivity contribution < 1.29 is 9.47 Å². The number of benzene rings is 1. The fourth-order valence-electron chi connectivity index (χ4n) is 3.03. The molecule has 0 amide bonds. The van der Waals surface area contributed by atoms with Gasteiger partial charge in [-0.15, -0.1) is 24.0 Å². The lowest BCUT2D eigenvalue weighted by atomic mass is 10.1. The molecule has 154 valence electrons. The van der Waals surface area contributed by atoms with Crippen LogP contribution in [0.25, 0.3) is 0 Å². The Hall–Kier alpha value is -2.04. The molecule has 2 unspecified atom stereocenters. The number of nitrogens with one attached hydrogen (secondary N) is 2. The van der Waals surface area contributed by atoms with Crippen LogP contribution in [0.5, 0.6) is 11.5 Å². The fraction of sp³-hybridized carbons (Fsp3) is 0.526. The van der Waals surface area contributed by atoms with Gasteiger partial charge in [0.05, 0.1) is 20.2 Å². The number of methoxy groups -OCH3 is 1. The zero-order valence-electron chi connectivity index (χ0n) is 16.6. The van der Waals surface area contributed by atoms with E-state index in [2.05, 4.69) is 32.6 Å². The Bertz CT molecular complexity index is 766. The SMILES string of the molecule is CCNC(=NCC(C)Oc1cccc(OC)c1)NC1CCc2ncnn2C1.I. The van der Waals surface area contributed by atoms with E-state index >= 15 is 0 Å². The van der Waals surface area contributed by atoms with Gasteiger partial charge in [-0.1, -0.05) is 6.07 Å². The van der Waals surface area contributed by atoms with Crippen molar-refractivity contribution >= 4 is 29.9 Å². The average Bonchev–Trinajstić information content (AvgIpc) is 3.14. The van der Waals surface area contributed by atoms with E-state index in [-0.39, 0.29) is 36.1 Å². The van der Waals surface area contributed by atoms with Crippen LogP contribution in [0.15, 0.2) is 35.6 Å². The van der Waals surface area contributed by atoms with Crippen molar-refractivity contribution in [3.63, 3.8) is 0 Å². The Labute approximate surface area is 183 Å². The van der Waals surface area contributed by atoms with Gasteiger partial charge < -0.3 is 20.1 Å². The van der Waals surface area contributed by atoms with Crippen LogP contribution < -0.4 is 20.1 Å². The highest BCUT2D eigenvalue weighted by atomic mass is 127. The molecule has 3 rings (SSSR count). The van der Waals surface area contributed by atoms with E-state index in [4.69, 9.17) is 9.47 Å². The molecule has 8 nitrogen and oxygen atoms in total. The average molecular weight is 500 g/mol. The predicted molar refractivity (Wildman–Crippen MR) is 120 cm³/mol. The van der Waals surface area contributed by atoms with Gasteiger partial charge in [0.25, 0.3) is 0 Å². The summed E-state index contributed by atoms with van der Waals surface area (Å²) in [5.74, 6) is 3.41. The van der Waals surface area contributed by atoms with Crippen LogP contribution in [0.1, 0.15) is 26.1 Å². The summed E-state index contributed by atoms with van der Waals surface area (Å²) in [6, 6.07) is 7.89. The number of hydrogen-bond donors (Lipinski definition) is 2. The first-order valence-electron chi connectivity index (χ1n) is 9.40. The topological polar surface area (TPSA) is 85.6 Å². The number of nitrogens with zero attached hydrogens (tertiary/aromatic N) is 4. The summed E-state index contributed by atoms with van der Waals surface area (Å²) >= 11 is 0. The van der Waals surface area contributed by atoms with Gasteiger partial charge >= 0.3 is 0 Å². The fourth-order valence-corrected chi connectivity index (χ4v) is 3.03. The van der Waals surface area contributed by atoms with Gasteiger partial charge in [0.2, 0.25) is 0 Å². The van der Waals surface area contributed by atoms with Gasteiger partial charge in [0.15, 0.2) is 5.96 Å². The van der Waals surface area contributed by atoms with Gasteiger partial charge in [0, 0.05) is 25.1 Å². The van der Waals surface area contributed by atoms with Gasteiger partial charge in [-0.3, -0.25) is 0 Å². The lowest BCUT2D eigenvalue weighted by Gasteiger charge is -2.25. The summed E-state index contributed by atoms with van der Waals surface area (Å²) in [6.45, 7) is 6.22. The third kappa shape index (κ3) is 6.25. The van der Waals surface area contributed by atoms with Crippen LogP contribution in [0.4, 0.5) is 0 Å². The van der Waals surface area contributed by atoms with Crippen LogP contribution in [0.3, 0.4) is 0 Å². The van der Waals surface area contributed by atoms with Crippen molar-refractivity contribution in [1.82, 2.24) is 25.4 Å². The minimum Gasteiger partial charge on any atom is -0.497 e.